The lowest BCUT2D eigenvalue weighted by Gasteiger charge is -2.31. The van der Waals surface area contributed by atoms with Crippen molar-refractivity contribution < 1.29 is 14.3 Å². The summed E-state index contributed by atoms with van der Waals surface area (Å²) in [6.45, 7) is 9.38. The summed E-state index contributed by atoms with van der Waals surface area (Å²) in [4.78, 5) is 34.0. The Hall–Kier alpha value is -2.45. The van der Waals surface area contributed by atoms with Crippen molar-refractivity contribution in [3.63, 3.8) is 0 Å². The Morgan fingerprint density at radius 3 is 2.59 bits per heavy atom. The topological polar surface area (TPSA) is 74.8 Å². The van der Waals surface area contributed by atoms with E-state index in [1.54, 1.807) is 11.3 Å². The van der Waals surface area contributed by atoms with E-state index in [-0.39, 0.29) is 18.4 Å². The van der Waals surface area contributed by atoms with Crippen molar-refractivity contribution in [2.24, 2.45) is 0 Å². The number of benzene rings is 1. The number of nitrogens with zero attached hydrogens (tertiary/aromatic N) is 3. The Morgan fingerprint density at radius 1 is 1.09 bits per heavy atom. The molecule has 1 aromatic carbocycles. The Kier molecular flexibility index (Phi) is 8.56. The first-order valence-corrected chi connectivity index (χ1v) is 13.3. The van der Waals surface area contributed by atoms with Crippen molar-refractivity contribution in [2.75, 3.05) is 45.9 Å². The van der Waals surface area contributed by atoms with E-state index < -0.39 is 0 Å². The van der Waals surface area contributed by atoms with Gasteiger partial charge in [0.2, 0.25) is 0 Å². The van der Waals surface area contributed by atoms with Crippen LogP contribution < -0.4 is 10.1 Å². The zero-order valence-corrected chi connectivity index (χ0v) is 21.2. The van der Waals surface area contributed by atoms with Gasteiger partial charge in [-0.05, 0) is 75.9 Å². The Labute approximate surface area is 206 Å². The van der Waals surface area contributed by atoms with Gasteiger partial charge < -0.3 is 19.9 Å². The zero-order chi connectivity index (χ0) is 23.9. The molecule has 0 spiro atoms. The van der Waals surface area contributed by atoms with E-state index in [1.807, 2.05) is 35.4 Å². The van der Waals surface area contributed by atoms with Gasteiger partial charge in [0.05, 0.1) is 5.01 Å². The van der Waals surface area contributed by atoms with Crippen LogP contribution in [0.2, 0.25) is 0 Å². The predicted octanol–water partition coefficient (Wildman–Crippen LogP) is 3.76. The molecule has 34 heavy (non-hydrogen) atoms. The quantitative estimate of drug-likeness (QED) is 0.618. The van der Waals surface area contributed by atoms with E-state index in [9.17, 15) is 9.59 Å². The molecule has 0 radical (unpaired) electrons. The molecule has 1 aromatic heterocycles. The van der Waals surface area contributed by atoms with E-state index in [2.05, 4.69) is 22.1 Å². The summed E-state index contributed by atoms with van der Waals surface area (Å²) < 4.78 is 5.72. The summed E-state index contributed by atoms with van der Waals surface area (Å²) in [5.74, 6) is 0.959. The third-order valence-electron chi connectivity index (χ3n) is 6.95. The maximum atomic E-state index is 12.6. The number of rotatable bonds is 8. The van der Waals surface area contributed by atoms with E-state index in [4.69, 9.17) is 4.74 Å². The van der Waals surface area contributed by atoms with Crippen molar-refractivity contribution >= 4 is 23.2 Å². The first-order chi connectivity index (χ1) is 16.5. The lowest BCUT2D eigenvalue weighted by Crippen LogP contribution is -2.40. The first-order valence-electron chi connectivity index (χ1n) is 12.4. The van der Waals surface area contributed by atoms with Crippen molar-refractivity contribution in [3.05, 3.63) is 45.4 Å². The van der Waals surface area contributed by atoms with E-state index in [0.717, 1.165) is 48.8 Å². The molecule has 2 aliphatic heterocycles. The number of aryl methyl sites for hydroxylation is 2. The van der Waals surface area contributed by atoms with Gasteiger partial charge in [-0.15, -0.1) is 11.3 Å². The number of aromatic nitrogens is 1. The SMILES string of the molecule is Cc1ccc(OCC(=O)N2CCC(c3nc(C(=O)NCCN4CCCCC4)cs3)CC2)cc1C. The normalized spacial score (nSPS) is 17.5. The molecule has 2 aromatic rings. The van der Waals surface area contributed by atoms with E-state index in [1.165, 1.54) is 24.8 Å². The standard InChI is InChI=1S/C26H36N4O3S/c1-19-6-7-22(16-20(19)2)33-17-24(31)30-13-8-21(9-14-30)26-28-23(18-34-26)25(32)27-10-15-29-11-4-3-5-12-29/h6-7,16,18,21H,3-5,8-15,17H2,1-2H3,(H,27,32). The van der Waals surface area contributed by atoms with Gasteiger partial charge in [-0.25, -0.2) is 4.98 Å². The highest BCUT2D eigenvalue weighted by Gasteiger charge is 2.26. The first kappa shape index (κ1) is 24.7. The van der Waals surface area contributed by atoms with Crippen LogP contribution in [0.4, 0.5) is 0 Å². The highest BCUT2D eigenvalue weighted by atomic mass is 32.1. The van der Waals surface area contributed by atoms with Crippen LogP contribution >= 0.6 is 11.3 Å². The molecule has 184 valence electrons. The molecule has 0 unspecified atom stereocenters. The highest BCUT2D eigenvalue weighted by molar-refractivity contribution is 7.09. The second kappa shape index (κ2) is 11.8. The van der Waals surface area contributed by atoms with Gasteiger partial charge in [0.1, 0.15) is 11.4 Å². The van der Waals surface area contributed by atoms with Crippen LogP contribution in [0.25, 0.3) is 0 Å². The number of nitrogens with one attached hydrogen (secondary N) is 1. The second-order valence-corrected chi connectivity index (χ2v) is 10.3. The molecule has 0 aliphatic carbocycles. The number of ether oxygens (including phenoxy) is 1. The van der Waals surface area contributed by atoms with Gasteiger partial charge in [-0.2, -0.15) is 0 Å². The zero-order valence-electron chi connectivity index (χ0n) is 20.3. The van der Waals surface area contributed by atoms with Crippen LogP contribution in [0, 0.1) is 13.8 Å². The number of likely N-dealkylation sites (tertiary alicyclic amines) is 2. The third kappa shape index (κ3) is 6.57. The van der Waals surface area contributed by atoms with Crippen molar-refractivity contribution in [2.45, 2.75) is 51.9 Å². The Balaban J connectivity index is 1.19. The van der Waals surface area contributed by atoms with Crippen LogP contribution in [-0.2, 0) is 4.79 Å². The molecule has 2 aliphatic rings. The summed E-state index contributed by atoms with van der Waals surface area (Å²) in [6, 6.07) is 5.89. The fourth-order valence-corrected chi connectivity index (χ4v) is 5.57. The molecule has 2 amide bonds. The molecule has 0 bridgehead atoms. The number of amides is 2. The molecule has 4 rings (SSSR count). The average molecular weight is 485 g/mol. The molecule has 2 saturated heterocycles. The largest absolute Gasteiger partial charge is 0.484 e. The molecule has 8 heteroatoms. The molecule has 1 N–H and O–H groups in total. The van der Waals surface area contributed by atoms with Gasteiger partial charge in [0.25, 0.3) is 11.8 Å². The van der Waals surface area contributed by atoms with Crippen LogP contribution in [-0.4, -0.2) is 72.5 Å². The van der Waals surface area contributed by atoms with Crippen LogP contribution in [0.5, 0.6) is 5.75 Å². The number of hydrogen-bond acceptors (Lipinski definition) is 6. The molecular weight excluding hydrogens is 448 g/mol. The van der Waals surface area contributed by atoms with Gasteiger partial charge in [-0.1, -0.05) is 12.5 Å². The molecule has 7 nitrogen and oxygen atoms in total. The van der Waals surface area contributed by atoms with Gasteiger partial charge in [0.15, 0.2) is 6.61 Å². The summed E-state index contributed by atoms with van der Waals surface area (Å²) in [7, 11) is 0. The predicted molar refractivity (Wildman–Crippen MR) is 135 cm³/mol. The van der Waals surface area contributed by atoms with Crippen LogP contribution in [0.3, 0.4) is 0 Å². The number of thiazole rings is 1. The number of hydrogen-bond donors (Lipinski definition) is 1. The van der Waals surface area contributed by atoms with Crippen LogP contribution in [0.15, 0.2) is 23.6 Å². The van der Waals surface area contributed by atoms with Crippen molar-refractivity contribution in [1.29, 1.82) is 0 Å². The number of carbonyl (C=O) groups is 2. The van der Waals surface area contributed by atoms with E-state index >= 15 is 0 Å². The number of piperidine rings is 2. The van der Waals surface area contributed by atoms with E-state index in [0.29, 0.717) is 31.2 Å². The molecular formula is C26H36N4O3S. The van der Waals surface area contributed by atoms with Gasteiger partial charge in [0, 0.05) is 37.5 Å². The fraction of sp³-hybridized carbons (Fsp3) is 0.577. The maximum Gasteiger partial charge on any atom is 0.270 e. The minimum Gasteiger partial charge on any atom is -0.484 e. The summed E-state index contributed by atoms with van der Waals surface area (Å²) in [6.07, 6.45) is 5.55. The third-order valence-corrected chi connectivity index (χ3v) is 7.96. The molecule has 2 fully saturated rings. The Bertz CT molecular complexity index is 978. The van der Waals surface area contributed by atoms with Crippen LogP contribution in [0.1, 0.15) is 64.6 Å². The molecule has 0 atom stereocenters. The van der Waals surface area contributed by atoms with Crippen molar-refractivity contribution in [3.8, 4) is 5.75 Å². The lowest BCUT2D eigenvalue weighted by atomic mass is 9.97. The number of carbonyl (C=O) groups excluding carboxylic acids is 2. The minimum atomic E-state index is -0.0874. The average Bonchev–Trinajstić information content (AvgIpc) is 3.36. The molecule has 0 saturated carbocycles. The summed E-state index contributed by atoms with van der Waals surface area (Å²) in [5.41, 5.74) is 2.88. The fourth-order valence-electron chi connectivity index (χ4n) is 4.60. The summed E-state index contributed by atoms with van der Waals surface area (Å²) in [5, 5.41) is 5.88. The van der Waals surface area contributed by atoms with Gasteiger partial charge >= 0.3 is 0 Å². The second-order valence-electron chi connectivity index (χ2n) is 9.42. The minimum absolute atomic E-state index is 0.0181. The van der Waals surface area contributed by atoms with Gasteiger partial charge in [-0.3, -0.25) is 9.59 Å². The monoisotopic (exact) mass is 484 g/mol. The van der Waals surface area contributed by atoms with Crippen molar-refractivity contribution in [1.82, 2.24) is 20.1 Å². The Morgan fingerprint density at radius 2 is 1.85 bits per heavy atom. The smallest absolute Gasteiger partial charge is 0.270 e. The summed E-state index contributed by atoms with van der Waals surface area (Å²) >= 11 is 1.56. The maximum absolute atomic E-state index is 12.6. The highest BCUT2D eigenvalue weighted by Crippen LogP contribution is 2.30. The lowest BCUT2D eigenvalue weighted by molar-refractivity contribution is -0.134. The molecule has 3 heterocycles.